The molecule has 1 aromatic rings. The van der Waals surface area contributed by atoms with Crippen LogP contribution in [-0.2, 0) is 17.7 Å². The lowest BCUT2D eigenvalue weighted by atomic mass is 10.0. The highest BCUT2D eigenvalue weighted by molar-refractivity contribution is 5.08. The lowest BCUT2D eigenvalue weighted by Gasteiger charge is -2.23. The Morgan fingerprint density at radius 1 is 1.50 bits per heavy atom. The summed E-state index contributed by atoms with van der Waals surface area (Å²) in [6.07, 6.45) is 5.52. The molecule has 0 bridgehead atoms. The fourth-order valence-corrected chi connectivity index (χ4v) is 2.35. The zero-order valence-electron chi connectivity index (χ0n) is 10.1. The molecule has 90 valence electrons. The number of ether oxygens (including phenoxy) is 1. The van der Waals surface area contributed by atoms with E-state index < -0.39 is 0 Å². The van der Waals surface area contributed by atoms with Crippen LogP contribution in [0.3, 0.4) is 0 Å². The smallest absolute Gasteiger partial charge is 0.0469 e. The minimum absolute atomic E-state index is 0.239. The van der Waals surface area contributed by atoms with Crippen molar-refractivity contribution in [3.63, 3.8) is 0 Å². The third kappa shape index (κ3) is 3.09. The Morgan fingerprint density at radius 3 is 2.94 bits per heavy atom. The average molecular weight is 222 g/mol. The number of rotatable bonds is 4. The molecule has 1 atom stereocenters. The molecule has 0 radical (unpaired) electrons. The van der Waals surface area contributed by atoms with Crippen LogP contribution in [0.25, 0.3) is 0 Å². The van der Waals surface area contributed by atoms with Crippen LogP contribution in [0.1, 0.15) is 25.5 Å². The van der Waals surface area contributed by atoms with Gasteiger partial charge in [0.1, 0.15) is 0 Å². The van der Waals surface area contributed by atoms with Gasteiger partial charge >= 0.3 is 0 Å². The third-order valence-electron chi connectivity index (χ3n) is 3.25. The average Bonchev–Trinajstić information content (AvgIpc) is 2.66. The largest absolute Gasteiger partial charge is 0.381 e. The predicted molar refractivity (Wildman–Crippen MR) is 65.3 cm³/mol. The molecular weight excluding hydrogens is 200 g/mol. The topological polar surface area (TPSA) is 40.2 Å². The van der Waals surface area contributed by atoms with Crippen LogP contribution >= 0.6 is 0 Å². The van der Waals surface area contributed by atoms with Gasteiger partial charge in [-0.05, 0) is 37.8 Å². The first kappa shape index (κ1) is 11.7. The van der Waals surface area contributed by atoms with Crippen LogP contribution in [0, 0.1) is 5.92 Å². The Hall–Kier alpha value is -0.800. The van der Waals surface area contributed by atoms with Gasteiger partial charge in [-0.2, -0.15) is 0 Å². The van der Waals surface area contributed by atoms with Crippen molar-refractivity contribution >= 4 is 0 Å². The minimum Gasteiger partial charge on any atom is -0.381 e. The maximum absolute atomic E-state index is 5.85. The van der Waals surface area contributed by atoms with E-state index in [4.69, 9.17) is 10.5 Å². The van der Waals surface area contributed by atoms with Crippen LogP contribution in [0.5, 0.6) is 0 Å². The van der Waals surface area contributed by atoms with Crippen LogP contribution in [0.15, 0.2) is 18.3 Å². The summed E-state index contributed by atoms with van der Waals surface area (Å²) in [6.45, 7) is 5.04. The standard InChI is InChI=1S/C13H22N2O/c1-11(14)9-13-3-2-6-15(13)10-12-4-7-16-8-5-12/h2-3,6,11-12H,4-5,7-10,14H2,1H3. The van der Waals surface area contributed by atoms with Gasteiger partial charge in [-0.1, -0.05) is 0 Å². The van der Waals surface area contributed by atoms with Crippen molar-refractivity contribution in [2.75, 3.05) is 13.2 Å². The highest BCUT2D eigenvalue weighted by Crippen LogP contribution is 2.18. The van der Waals surface area contributed by atoms with Gasteiger partial charge in [0.15, 0.2) is 0 Å². The van der Waals surface area contributed by atoms with Crippen molar-refractivity contribution in [3.05, 3.63) is 24.0 Å². The minimum atomic E-state index is 0.239. The summed E-state index contributed by atoms with van der Waals surface area (Å²) >= 11 is 0. The second kappa shape index (κ2) is 5.51. The number of nitrogens with two attached hydrogens (primary N) is 1. The number of aromatic nitrogens is 1. The zero-order chi connectivity index (χ0) is 11.4. The Kier molecular flexibility index (Phi) is 4.02. The zero-order valence-corrected chi connectivity index (χ0v) is 10.1. The number of hydrogen-bond acceptors (Lipinski definition) is 2. The van der Waals surface area contributed by atoms with E-state index >= 15 is 0 Å². The lowest BCUT2D eigenvalue weighted by molar-refractivity contribution is 0.0610. The Balaban J connectivity index is 1.94. The molecule has 1 aliphatic heterocycles. The van der Waals surface area contributed by atoms with Crippen molar-refractivity contribution in [2.45, 2.75) is 38.8 Å². The lowest BCUT2D eigenvalue weighted by Crippen LogP contribution is -2.23. The van der Waals surface area contributed by atoms with Gasteiger partial charge < -0.3 is 15.0 Å². The molecule has 3 heteroatoms. The molecule has 0 aromatic carbocycles. The first-order valence-corrected chi connectivity index (χ1v) is 6.23. The van der Waals surface area contributed by atoms with E-state index in [2.05, 4.69) is 29.8 Å². The summed E-state index contributed by atoms with van der Waals surface area (Å²) in [4.78, 5) is 0. The van der Waals surface area contributed by atoms with Gasteiger partial charge in [-0.15, -0.1) is 0 Å². The highest BCUT2D eigenvalue weighted by atomic mass is 16.5. The van der Waals surface area contributed by atoms with Gasteiger partial charge in [-0.25, -0.2) is 0 Å². The summed E-state index contributed by atoms with van der Waals surface area (Å²) in [5, 5.41) is 0. The summed E-state index contributed by atoms with van der Waals surface area (Å²) in [7, 11) is 0. The molecule has 2 heterocycles. The van der Waals surface area contributed by atoms with Crippen molar-refractivity contribution in [2.24, 2.45) is 11.7 Å². The van der Waals surface area contributed by atoms with E-state index in [0.29, 0.717) is 0 Å². The summed E-state index contributed by atoms with van der Waals surface area (Å²) < 4.78 is 7.74. The molecule has 2 rings (SSSR count). The molecule has 16 heavy (non-hydrogen) atoms. The Bertz CT molecular complexity index is 313. The molecule has 3 nitrogen and oxygen atoms in total. The first-order valence-electron chi connectivity index (χ1n) is 6.23. The normalized spacial score (nSPS) is 19.9. The molecule has 2 N–H and O–H groups in total. The van der Waals surface area contributed by atoms with Gasteiger partial charge in [0.05, 0.1) is 0 Å². The highest BCUT2D eigenvalue weighted by Gasteiger charge is 2.15. The number of nitrogens with zero attached hydrogens (tertiary/aromatic N) is 1. The van der Waals surface area contributed by atoms with E-state index in [9.17, 15) is 0 Å². The molecule has 1 aliphatic rings. The maximum Gasteiger partial charge on any atom is 0.0469 e. The first-order chi connectivity index (χ1) is 7.75. The second-order valence-corrected chi connectivity index (χ2v) is 4.89. The summed E-state index contributed by atoms with van der Waals surface area (Å²) in [5.41, 5.74) is 7.21. The maximum atomic E-state index is 5.85. The van der Waals surface area contributed by atoms with Crippen LogP contribution in [-0.4, -0.2) is 23.8 Å². The quantitative estimate of drug-likeness (QED) is 0.844. The van der Waals surface area contributed by atoms with Crippen LogP contribution < -0.4 is 5.73 Å². The van der Waals surface area contributed by atoms with Crippen molar-refractivity contribution < 1.29 is 4.74 Å². The van der Waals surface area contributed by atoms with E-state index in [1.165, 1.54) is 18.5 Å². The van der Waals surface area contributed by atoms with Crippen LogP contribution in [0.2, 0.25) is 0 Å². The number of hydrogen-bond donors (Lipinski definition) is 1. The van der Waals surface area contributed by atoms with Gasteiger partial charge in [-0.3, -0.25) is 0 Å². The molecule has 0 saturated carbocycles. The van der Waals surface area contributed by atoms with Crippen molar-refractivity contribution in [1.29, 1.82) is 0 Å². The SMILES string of the molecule is CC(N)Cc1cccn1CC1CCOCC1. The van der Waals surface area contributed by atoms with E-state index in [1.54, 1.807) is 0 Å². The predicted octanol–water partition coefficient (Wildman–Crippen LogP) is 1.80. The Labute approximate surface area is 97.6 Å². The summed E-state index contributed by atoms with van der Waals surface area (Å²) in [5.74, 6) is 0.771. The second-order valence-electron chi connectivity index (χ2n) is 4.89. The van der Waals surface area contributed by atoms with Gasteiger partial charge in [0.2, 0.25) is 0 Å². The Morgan fingerprint density at radius 2 is 2.25 bits per heavy atom. The van der Waals surface area contributed by atoms with E-state index in [1.807, 2.05) is 0 Å². The molecule has 1 aromatic heterocycles. The monoisotopic (exact) mass is 222 g/mol. The molecule has 0 amide bonds. The fraction of sp³-hybridized carbons (Fsp3) is 0.692. The van der Waals surface area contributed by atoms with Crippen molar-refractivity contribution in [3.8, 4) is 0 Å². The van der Waals surface area contributed by atoms with E-state index in [-0.39, 0.29) is 6.04 Å². The fourth-order valence-electron chi connectivity index (χ4n) is 2.35. The molecule has 1 saturated heterocycles. The molecule has 0 aliphatic carbocycles. The molecule has 1 fully saturated rings. The van der Waals surface area contributed by atoms with E-state index in [0.717, 1.165) is 32.1 Å². The molecular formula is C13H22N2O. The van der Waals surface area contributed by atoms with Gasteiger partial charge in [0.25, 0.3) is 0 Å². The molecule has 0 spiro atoms. The summed E-state index contributed by atoms with van der Waals surface area (Å²) in [6, 6.07) is 4.54. The third-order valence-corrected chi connectivity index (χ3v) is 3.25. The van der Waals surface area contributed by atoms with Crippen molar-refractivity contribution in [1.82, 2.24) is 4.57 Å². The molecule has 1 unspecified atom stereocenters. The van der Waals surface area contributed by atoms with Gasteiger partial charge in [0, 0.05) is 44.1 Å². The van der Waals surface area contributed by atoms with Crippen LogP contribution in [0.4, 0.5) is 0 Å².